The van der Waals surface area contributed by atoms with Gasteiger partial charge in [0.1, 0.15) is 5.75 Å². The van der Waals surface area contributed by atoms with Crippen molar-refractivity contribution in [3.8, 4) is 18.1 Å². The van der Waals surface area contributed by atoms with Crippen molar-refractivity contribution in [3.63, 3.8) is 0 Å². The second kappa shape index (κ2) is 7.48. The van der Waals surface area contributed by atoms with E-state index in [1.807, 2.05) is 19.1 Å². The van der Waals surface area contributed by atoms with Crippen molar-refractivity contribution in [1.29, 1.82) is 0 Å². The average molecular weight is 259 g/mol. The topological polar surface area (TPSA) is 40.5 Å². The van der Waals surface area contributed by atoms with Gasteiger partial charge in [-0.2, -0.15) is 0 Å². The van der Waals surface area contributed by atoms with Crippen LogP contribution in [0.3, 0.4) is 0 Å². The van der Waals surface area contributed by atoms with Gasteiger partial charge in [0.25, 0.3) is 0 Å². The summed E-state index contributed by atoms with van der Waals surface area (Å²) in [5.74, 6) is 2.93. The van der Waals surface area contributed by atoms with Crippen molar-refractivity contribution < 1.29 is 9.90 Å². The zero-order valence-electron chi connectivity index (χ0n) is 11.6. The van der Waals surface area contributed by atoms with Crippen LogP contribution in [0.1, 0.15) is 44.2 Å². The third kappa shape index (κ3) is 4.67. The number of aromatic hydroxyl groups is 1. The molecule has 3 heteroatoms. The summed E-state index contributed by atoms with van der Waals surface area (Å²) in [6.07, 6.45) is 8.15. The van der Waals surface area contributed by atoms with E-state index in [-0.39, 0.29) is 17.7 Å². The summed E-state index contributed by atoms with van der Waals surface area (Å²) in [5, 5.41) is 9.26. The molecule has 0 saturated heterocycles. The van der Waals surface area contributed by atoms with Crippen molar-refractivity contribution in [2.45, 2.75) is 38.6 Å². The van der Waals surface area contributed by atoms with Crippen LogP contribution in [0.5, 0.6) is 5.75 Å². The number of carbonyl (C=O) groups excluding carboxylic acids is 1. The zero-order chi connectivity index (χ0) is 14.3. The molecule has 102 valence electrons. The van der Waals surface area contributed by atoms with Gasteiger partial charge in [-0.05, 0) is 37.5 Å². The van der Waals surface area contributed by atoms with Crippen LogP contribution in [0.25, 0.3) is 0 Å². The molecule has 0 bridgehead atoms. The number of nitrogens with zero attached hydrogens (tertiary/aromatic N) is 1. The van der Waals surface area contributed by atoms with Crippen molar-refractivity contribution in [2.75, 3.05) is 7.05 Å². The molecule has 0 fully saturated rings. The molecule has 1 atom stereocenters. The quantitative estimate of drug-likeness (QED) is 0.630. The Morgan fingerprint density at radius 2 is 2.00 bits per heavy atom. The van der Waals surface area contributed by atoms with E-state index in [0.29, 0.717) is 6.42 Å². The number of unbranched alkanes of at least 4 members (excludes halogenated alkanes) is 2. The van der Waals surface area contributed by atoms with Crippen LogP contribution in [0, 0.1) is 12.3 Å². The largest absolute Gasteiger partial charge is 0.508 e. The molecule has 0 aromatic heterocycles. The highest BCUT2D eigenvalue weighted by molar-refractivity contribution is 5.76. The Morgan fingerprint density at radius 3 is 2.58 bits per heavy atom. The normalized spacial score (nSPS) is 11.6. The van der Waals surface area contributed by atoms with Gasteiger partial charge in [0, 0.05) is 19.9 Å². The first-order chi connectivity index (χ1) is 9.06. The van der Waals surface area contributed by atoms with Crippen molar-refractivity contribution in [3.05, 3.63) is 29.8 Å². The molecule has 0 spiro atoms. The summed E-state index contributed by atoms with van der Waals surface area (Å²) >= 11 is 0. The molecule has 1 amide bonds. The molecule has 1 N–H and O–H groups in total. The molecule has 0 saturated carbocycles. The summed E-state index contributed by atoms with van der Waals surface area (Å²) in [6, 6.07) is 6.94. The molecular formula is C16H21NO2. The molecular weight excluding hydrogens is 238 g/mol. The van der Waals surface area contributed by atoms with E-state index in [2.05, 4.69) is 5.92 Å². The lowest BCUT2D eigenvalue weighted by Gasteiger charge is -2.25. The monoisotopic (exact) mass is 259 g/mol. The highest BCUT2D eigenvalue weighted by atomic mass is 16.3. The molecule has 1 aromatic carbocycles. The minimum Gasteiger partial charge on any atom is -0.508 e. The molecule has 3 nitrogen and oxygen atoms in total. The Labute approximate surface area is 115 Å². The third-order valence-electron chi connectivity index (χ3n) is 3.31. The van der Waals surface area contributed by atoms with Crippen LogP contribution < -0.4 is 0 Å². The van der Waals surface area contributed by atoms with Crippen molar-refractivity contribution in [2.24, 2.45) is 0 Å². The summed E-state index contributed by atoms with van der Waals surface area (Å²) in [4.78, 5) is 13.8. The predicted octanol–water partition coefficient (Wildman–Crippen LogP) is 3.11. The molecule has 0 radical (unpaired) electrons. The number of phenolic OH excluding ortho intramolecular Hbond substituents is 1. The first-order valence-corrected chi connectivity index (χ1v) is 6.54. The maximum absolute atomic E-state index is 12.0. The molecule has 0 aliphatic rings. The molecule has 19 heavy (non-hydrogen) atoms. The van der Waals surface area contributed by atoms with Gasteiger partial charge < -0.3 is 10.0 Å². The Morgan fingerprint density at radius 1 is 1.37 bits per heavy atom. The zero-order valence-corrected chi connectivity index (χ0v) is 11.6. The first-order valence-electron chi connectivity index (χ1n) is 6.54. The molecule has 1 unspecified atom stereocenters. The van der Waals surface area contributed by atoms with E-state index in [9.17, 15) is 9.90 Å². The van der Waals surface area contributed by atoms with Gasteiger partial charge in [0.2, 0.25) is 5.91 Å². The summed E-state index contributed by atoms with van der Waals surface area (Å²) in [7, 11) is 1.81. The van der Waals surface area contributed by atoms with Crippen LogP contribution in [-0.2, 0) is 4.79 Å². The van der Waals surface area contributed by atoms with E-state index >= 15 is 0 Å². The highest BCUT2D eigenvalue weighted by Gasteiger charge is 2.16. The fourth-order valence-electron chi connectivity index (χ4n) is 1.87. The lowest BCUT2D eigenvalue weighted by atomic mass is 10.1. The van der Waals surface area contributed by atoms with Crippen molar-refractivity contribution >= 4 is 5.91 Å². The number of phenols is 1. The lowest BCUT2D eigenvalue weighted by Crippen LogP contribution is -2.29. The van der Waals surface area contributed by atoms with E-state index < -0.39 is 0 Å². The lowest BCUT2D eigenvalue weighted by molar-refractivity contribution is -0.131. The predicted molar refractivity (Wildman–Crippen MR) is 76.6 cm³/mol. The molecule has 1 rings (SSSR count). The van der Waals surface area contributed by atoms with Gasteiger partial charge in [-0.1, -0.05) is 12.1 Å². The van der Waals surface area contributed by atoms with Crippen molar-refractivity contribution in [1.82, 2.24) is 4.90 Å². The number of terminal acetylenes is 1. The van der Waals surface area contributed by atoms with Crippen LogP contribution in [-0.4, -0.2) is 23.0 Å². The molecule has 0 heterocycles. The number of rotatable bonds is 6. The maximum atomic E-state index is 12.0. The van der Waals surface area contributed by atoms with Gasteiger partial charge in [-0.25, -0.2) is 0 Å². The minimum atomic E-state index is 0.000679. The van der Waals surface area contributed by atoms with Crippen LogP contribution in [0.2, 0.25) is 0 Å². The number of carbonyl (C=O) groups is 1. The van der Waals surface area contributed by atoms with Crippen LogP contribution in [0.15, 0.2) is 24.3 Å². The van der Waals surface area contributed by atoms with Gasteiger partial charge in [0.15, 0.2) is 0 Å². The number of amides is 1. The standard InChI is InChI=1S/C16H21NO2/c1-4-5-6-7-8-16(19)17(3)13(2)14-9-11-15(18)12-10-14/h1,9-13,18H,5-8H2,2-3H3. The van der Waals surface area contributed by atoms with Gasteiger partial charge in [0.05, 0.1) is 6.04 Å². The summed E-state index contributed by atoms with van der Waals surface area (Å²) in [6.45, 7) is 1.98. The maximum Gasteiger partial charge on any atom is 0.222 e. The molecule has 1 aromatic rings. The highest BCUT2D eigenvalue weighted by Crippen LogP contribution is 2.22. The smallest absolute Gasteiger partial charge is 0.222 e. The Kier molecular flexibility index (Phi) is 5.95. The van der Waals surface area contributed by atoms with E-state index in [4.69, 9.17) is 6.42 Å². The Hall–Kier alpha value is -1.95. The van der Waals surface area contributed by atoms with E-state index in [1.165, 1.54) is 0 Å². The van der Waals surface area contributed by atoms with Gasteiger partial charge in [-0.15, -0.1) is 12.3 Å². The fraction of sp³-hybridized carbons (Fsp3) is 0.438. The van der Waals surface area contributed by atoms with Gasteiger partial charge in [-0.3, -0.25) is 4.79 Å². The van der Waals surface area contributed by atoms with Crippen LogP contribution >= 0.6 is 0 Å². The second-order valence-corrected chi connectivity index (χ2v) is 4.68. The number of benzene rings is 1. The minimum absolute atomic E-state index is 0.000679. The average Bonchev–Trinajstić information content (AvgIpc) is 2.42. The summed E-state index contributed by atoms with van der Waals surface area (Å²) < 4.78 is 0. The van der Waals surface area contributed by atoms with E-state index in [1.54, 1.807) is 24.1 Å². The summed E-state index contributed by atoms with van der Waals surface area (Å²) in [5.41, 5.74) is 1.01. The number of hydrogen-bond donors (Lipinski definition) is 1. The second-order valence-electron chi connectivity index (χ2n) is 4.68. The van der Waals surface area contributed by atoms with Gasteiger partial charge >= 0.3 is 0 Å². The Bertz CT molecular complexity index is 445. The first kappa shape index (κ1) is 15.1. The molecule has 0 aliphatic heterocycles. The molecule has 0 aliphatic carbocycles. The van der Waals surface area contributed by atoms with E-state index in [0.717, 1.165) is 24.8 Å². The third-order valence-corrected chi connectivity index (χ3v) is 3.31. The number of hydrogen-bond acceptors (Lipinski definition) is 2. The SMILES string of the molecule is C#CCCCCC(=O)N(C)C(C)c1ccc(O)cc1. The Balaban J connectivity index is 2.51. The van der Waals surface area contributed by atoms with Crippen LogP contribution in [0.4, 0.5) is 0 Å². The fourth-order valence-corrected chi connectivity index (χ4v) is 1.87.